The Kier molecular flexibility index (Phi) is 10.2. The van der Waals surface area contributed by atoms with Crippen LogP contribution >= 0.6 is 11.3 Å². The van der Waals surface area contributed by atoms with Crippen LogP contribution in [-0.2, 0) is 25.7 Å². The van der Waals surface area contributed by atoms with Crippen LogP contribution in [0.2, 0.25) is 0 Å². The predicted octanol–water partition coefficient (Wildman–Crippen LogP) is 5.81. The lowest BCUT2D eigenvalue weighted by molar-refractivity contribution is -0.198. The van der Waals surface area contributed by atoms with Crippen molar-refractivity contribution in [3.8, 4) is 10.6 Å². The third kappa shape index (κ3) is 8.93. The molecule has 2 aliphatic heterocycles. The molecule has 0 bridgehead atoms. The summed E-state index contributed by atoms with van der Waals surface area (Å²) in [4.78, 5) is 44.3. The van der Waals surface area contributed by atoms with Gasteiger partial charge in [0.15, 0.2) is 6.29 Å². The highest BCUT2D eigenvalue weighted by atomic mass is 32.1. The maximum atomic E-state index is 13.4. The average Bonchev–Trinajstić information content (AvgIpc) is 3.66. The van der Waals surface area contributed by atoms with Gasteiger partial charge in [0.1, 0.15) is 16.4 Å². The maximum absolute atomic E-state index is 13.4. The molecule has 2 saturated heterocycles. The standard InChI is InChI=1S/C32H39N5O5S/c1-32(2,3)41-31(39)37(26-16-17-36(21-26)20-25-22-43-30(34-25)24-9-5-4-6-10-24)27-14-12-23(19-33-27)13-15-28(38)35-42-29-11-7-8-18-40-29/h4-6,9-10,12-15,19,22,26,29H,7-8,11,16-18,20-21H2,1-3H3,(H,35,38)/b15-13+/t26-,29?/m1/s1. The molecule has 2 amide bonds. The molecule has 228 valence electrons. The Morgan fingerprint density at radius 1 is 1.16 bits per heavy atom. The van der Waals surface area contributed by atoms with Crippen molar-refractivity contribution in [3.63, 3.8) is 0 Å². The van der Waals surface area contributed by atoms with Crippen molar-refractivity contribution in [3.05, 3.63) is 71.4 Å². The molecule has 0 spiro atoms. The van der Waals surface area contributed by atoms with Crippen molar-refractivity contribution in [1.82, 2.24) is 20.3 Å². The average molecular weight is 606 g/mol. The van der Waals surface area contributed by atoms with Crippen molar-refractivity contribution in [2.24, 2.45) is 0 Å². The van der Waals surface area contributed by atoms with Crippen molar-refractivity contribution >= 4 is 35.2 Å². The normalized spacial score (nSPS) is 19.4. The van der Waals surface area contributed by atoms with Crippen LogP contribution in [0.25, 0.3) is 16.6 Å². The highest BCUT2D eigenvalue weighted by molar-refractivity contribution is 7.13. The first-order valence-corrected chi connectivity index (χ1v) is 15.6. The van der Waals surface area contributed by atoms with E-state index in [1.165, 1.54) is 6.08 Å². The summed E-state index contributed by atoms with van der Waals surface area (Å²) in [6.45, 7) is 8.40. The first kappa shape index (κ1) is 30.8. The number of aromatic nitrogens is 2. The fraction of sp³-hybridized carbons (Fsp3) is 0.438. The SMILES string of the molecule is CC(C)(C)OC(=O)N(c1ccc(/C=C/C(=O)NOC2CCCCO2)cn1)[C@@H]1CCN(Cc2csc(-c3ccccc3)n2)C1. The number of anilines is 1. The van der Waals surface area contributed by atoms with Crippen molar-refractivity contribution in [1.29, 1.82) is 0 Å². The van der Waals surface area contributed by atoms with E-state index in [4.69, 9.17) is 19.3 Å². The first-order chi connectivity index (χ1) is 20.7. The fourth-order valence-corrected chi connectivity index (χ4v) is 5.82. The number of carbonyl (C=O) groups excluding carboxylic acids is 2. The molecule has 2 fully saturated rings. The number of hydrogen-bond donors (Lipinski definition) is 1. The molecule has 0 radical (unpaired) electrons. The molecule has 1 aromatic carbocycles. The summed E-state index contributed by atoms with van der Waals surface area (Å²) in [5.74, 6) is 0.108. The van der Waals surface area contributed by atoms with Gasteiger partial charge in [-0.3, -0.25) is 14.6 Å². The Balaban J connectivity index is 1.22. The molecule has 2 aliphatic rings. The Bertz CT molecular complexity index is 1380. The number of hydrogen-bond acceptors (Lipinski definition) is 9. The van der Waals surface area contributed by atoms with Crippen molar-refractivity contribution in [2.75, 3.05) is 24.6 Å². The summed E-state index contributed by atoms with van der Waals surface area (Å²) in [7, 11) is 0. The number of rotatable bonds is 9. The molecule has 11 heteroatoms. The molecular formula is C32H39N5O5S. The van der Waals surface area contributed by atoms with E-state index in [0.717, 1.165) is 48.5 Å². The number of hydroxylamine groups is 1. The third-order valence-corrected chi connectivity index (χ3v) is 7.97. The number of thiazole rings is 1. The van der Waals surface area contributed by atoms with E-state index in [1.54, 1.807) is 34.6 Å². The van der Waals surface area contributed by atoms with Crippen molar-refractivity contribution in [2.45, 2.75) is 70.9 Å². The Labute approximate surface area is 256 Å². The lowest BCUT2D eigenvalue weighted by Crippen LogP contribution is -2.45. The Morgan fingerprint density at radius 3 is 2.72 bits per heavy atom. The Morgan fingerprint density at radius 2 is 2.00 bits per heavy atom. The number of pyridine rings is 1. The number of carbonyl (C=O) groups is 2. The van der Waals surface area contributed by atoms with Crippen LogP contribution in [0, 0.1) is 0 Å². The van der Waals surface area contributed by atoms with E-state index >= 15 is 0 Å². The molecule has 10 nitrogen and oxygen atoms in total. The molecule has 5 rings (SSSR count). The van der Waals surface area contributed by atoms with Gasteiger partial charge in [-0.25, -0.2) is 25.1 Å². The topological polar surface area (TPSA) is 106 Å². The van der Waals surface area contributed by atoms with Gasteiger partial charge in [-0.1, -0.05) is 30.3 Å². The molecule has 2 atom stereocenters. The van der Waals surface area contributed by atoms with Crippen LogP contribution in [0.3, 0.4) is 0 Å². The van der Waals surface area contributed by atoms with Crippen LogP contribution in [0.15, 0.2) is 60.1 Å². The number of nitrogens with zero attached hydrogens (tertiary/aromatic N) is 4. The molecule has 2 aromatic heterocycles. The van der Waals surface area contributed by atoms with E-state index in [0.29, 0.717) is 31.1 Å². The van der Waals surface area contributed by atoms with E-state index in [9.17, 15) is 9.59 Å². The van der Waals surface area contributed by atoms with Crippen LogP contribution < -0.4 is 10.4 Å². The lowest BCUT2D eigenvalue weighted by Gasteiger charge is -2.31. The minimum Gasteiger partial charge on any atom is -0.443 e. The predicted molar refractivity (Wildman–Crippen MR) is 166 cm³/mol. The number of ether oxygens (including phenoxy) is 2. The van der Waals surface area contributed by atoms with E-state index in [1.807, 2.05) is 45.0 Å². The molecule has 0 aliphatic carbocycles. The van der Waals surface area contributed by atoms with E-state index < -0.39 is 23.9 Å². The summed E-state index contributed by atoms with van der Waals surface area (Å²) in [6.07, 6.45) is 7.35. The van der Waals surface area contributed by atoms with E-state index in [-0.39, 0.29) is 6.04 Å². The third-order valence-electron chi connectivity index (χ3n) is 7.03. The van der Waals surface area contributed by atoms with Crippen LogP contribution in [-0.4, -0.2) is 64.5 Å². The highest BCUT2D eigenvalue weighted by Crippen LogP contribution is 2.28. The van der Waals surface area contributed by atoms with Gasteiger partial charge < -0.3 is 9.47 Å². The molecule has 43 heavy (non-hydrogen) atoms. The second kappa shape index (κ2) is 14.2. The van der Waals surface area contributed by atoms with Gasteiger partial charge in [-0.05, 0) is 63.8 Å². The van der Waals surface area contributed by atoms with Crippen LogP contribution in [0.1, 0.15) is 57.7 Å². The van der Waals surface area contributed by atoms with Gasteiger partial charge >= 0.3 is 6.09 Å². The highest BCUT2D eigenvalue weighted by Gasteiger charge is 2.35. The Hall–Kier alpha value is -3.64. The molecule has 4 heterocycles. The van der Waals surface area contributed by atoms with Gasteiger partial charge in [0.2, 0.25) is 0 Å². The number of amides is 2. The van der Waals surface area contributed by atoms with Gasteiger partial charge in [0.25, 0.3) is 5.91 Å². The molecule has 3 aromatic rings. The zero-order chi connectivity index (χ0) is 30.2. The van der Waals surface area contributed by atoms with Crippen LogP contribution in [0.5, 0.6) is 0 Å². The number of benzene rings is 1. The van der Waals surface area contributed by atoms with E-state index in [2.05, 4.69) is 32.9 Å². The van der Waals surface area contributed by atoms with Gasteiger partial charge in [-0.2, -0.15) is 0 Å². The van der Waals surface area contributed by atoms with Gasteiger partial charge in [0.05, 0.1) is 11.7 Å². The maximum Gasteiger partial charge on any atom is 0.416 e. The largest absolute Gasteiger partial charge is 0.443 e. The molecule has 1 unspecified atom stereocenters. The molecular weight excluding hydrogens is 566 g/mol. The van der Waals surface area contributed by atoms with Gasteiger partial charge in [-0.15, -0.1) is 11.3 Å². The first-order valence-electron chi connectivity index (χ1n) is 14.7. The molecule has 1 N–H and O–H groups in total. The zero-order valence-electron chi connectivity index (χ0n) is 24.9. The molecule has 0 saturated carbocycles. The number of likely N-dealkylation sites (tertiary alicyclic amines) is 1. The lowest BCUT2D eigenvalue weighted by atomic mass is 10.2. The van der Waals surface area contributed by atoms with Crippen LogP contribution in [0.4, 0.5) is 10.6 Å². The van der Waals surface area contributed by atoms with Gasteiger partial charge in [0, 0.05) is 55.9 Å². The summed E-state index contributed by atoms with van der Waals surface area (Å²) in [5.41, 5.74) is 4.60. The fourth-order valence-electron chi connectivity index (χ4n) is 5.00. The minimum atomic E-state index is -0.650. The number of nitrogens with one attached hydrogen (secondary N) is 1. The summed E-state index contributed by atoms with van der Waals surface area (Å²) < 4.78 is 11.2. The summed E-state index contributed by atoms with van der Waals surface area (Å²) in [5, 5.41) is 3.11. The minimum absolute atomic E-state index is 0.110. The second-order valence-electron chi connectivity index (χ2n) is 11.7. The zero-order valence-corrected chi connectivity index (χ0v) is 25.7. The monoisotopic (exact) mass is 605 g/mol. The summed E-state index contributed by atoms with van der Waals surface area (Å²) >= 11 is 1.64. The van der Waals surface area contributed by atoms with Crippen molar-refractivity contribution < 1.29 is 23.9 Å². The smallest absolute Gasteiger partial charge is 0.416 e. The summed E-state index contributed by atoms with van der Waals surface area (Å²) in [6, 6.07) is 13.7. The quantitative estimate of drug-likeness (QED) is 0.241. The second-order valence-corrected chi connectivity index (χ2v) is 12.6.